The number of hydrogen-bond acceptors (Lipinski definition) is 3. The predicted octanol–water partition coefficient (Wildman–Crippen LogP) is 3.14. The normalized spacial score (nSPS) is 11.3. The molecule has 0 saturated carbocycles. The molecule has 0 aromatic carbocycles. The predicted molar refractivity (Wildman–Crippen MR) is 73.6 cm³/mol. The monoisotopic (exact) mass is 260 g/mol. The highest BCUT2D eigenvalue weighted by Gasteiger charge is 2.08. The summed E-state index contributed by atoms with van der Waals surface area (Å²) in [6, 6.07) is 0. The minimum atomic E-state index is 0.943. The summed E-state index contributed by atoms with van der Waals surface area (Å²) in [5.74, 6) is 0. The fraction of sp³-hybridized carbons (Fsp3) is 0.667. The van der Waals surface area contributed by atoms with Gasteiger partial charge in [0.05, 0.1) is 5.02 Å². The van der Waals surface area contributed by atoms with Crippen molar-refractivity contribution in [2.45, 2.75) is 26.8 Å². The molecule has 0 bridgehead atoms. The van der Waals surface area contributed by atoms with E-state index in [9.17, 15) is 0 Å². The Bertz CT molecular complexity index is 312. The lowest BCUT2D eigenvalue weighted by molar-refractivity contribution is 0.327. The van der Waals surface area contributed by atoms with E-state index in [4.69, 9.17) is 11.6 Å². The van der Waals surface area contributed by atoms with Gasteiger partial charge in [0.1, 0.15) is 0 Å². The summed E-state index contributed by atoms with van der Waals surface area (Å²) < 4.78 is 0. The summed E-state index contributed by atoms with van der Waals surface area (Å²) in [6.45, 7) is 8.41. The lowest BCUT2D eigenvalue weighted by atomic mass is 10.3. The van der Waals surface area contributed by atoms with Crippen molar-refractivity contribution in [3.05, 3.63) is 20.8 Å². The molecule has 1 N–H and O–H groups in total. The molecule has 1 aromatic rings. The number of nitrogens with zero attached hydrogens (tertiary/aromatic N) is 1. The van der Waals surface area contributed by atoms with Crippen molar-refractivity contribution in [3.8, 4) is 0 Å². The molecule has 1 heterocycles. The Kier molecular flexibility index (Phi) is 6.36. The van der Waals surface area contributed by atoms with Gasteiger partial charge in [0.2, 0.25) is 0 Å². The number of rotatable bonds is 7. The maximum Gasteiger partial charge on any atom is 0.0587 e. The van der Waals surface area contributed by atoms with Gasteiger partial charge in [0.25, 0.3) is 0 Å². The first kappa shape index (κ1) is 14.0. The fourth-order valence-corrected chi connectivity index (χ4v) is 2.79. The minimum absolute atomic E-state index is 0.943. The molecule has 0 radical (unpaired) electrons. The third kappa shape index (κ3) is 4.42. The number of hydrogen-bond donors (Lipinski definition) is 1. The molecule has 16 heavy (non-hydrogen) atoms. The smallest absolute Gasteiger partial charge is 0.0587 e. The van der Waals surface area contributed by atoms with E-state index < -0.39 is 0 Å². The highest BCUT2D eigenvalue weighted by atomic mass is 35.5. The summed E-state index contributed by atoms with van der Waals surface area (Å²) in [4.78, 5) is 3.58. The van der Waals surface area contributed by atoms with Gasteiger partial charge in [-0.15, -0.1) is 11.3 Å². The van der Waals surface area contributed by atoms with Crippen molar-refractivity contribution < 1.29 is 0 Å². The first-order valence-corrected chi connectivity index (χ1v) is 7.02. The summed E-state index contributed by atoms with van der Waals surface area (Å²) in [5.41, 5.74) is 1.19. The van der Waals surface area contributed by atoms with Gasteiger partial charge in [-0.3, -0.25) is 4.90 Å². The number of thiophene rings is 1. The van der Waals surface area contributed by atoms with Crippen molar-refractivity contribution in [1.29, 1.82) is 0 Å². The van der Waals surface area contributed by atoms with Crippen LogP contribution in [0.5, 0.6) is 0 Å². The first-order valence-electron chi connectivity index (χ1n) is 5.76. The zero-order chi connectivity index (χ0) is 12.0. The van der Waals surface area contributed by atoms with Gasteiger partial charge < -0.3 is 5.32 Å². The highest BCUT2D eigenvalue weighted by Crippen LogP contribution is 2.27. The van der Waals surface area contributed by atoms with E-state index in [0.717, 1.165) is 31.2 Å². The molecule has 4 heteroatoms. The molecule has 1 rings (SSSR count). The lowest BCUT2D eigenvalue weighted by Crippen LogP contribution is -2.29. The van der Waals surface area contributed by atoms with Crippen LogP contribution in [0, 0.1) is 6.92 Å². The fourth-order valence-electron chi connectivity index (χ4n) is 1.49. The molecular formula is C12H21ClN2S. The second-order valence-electron chi connectivity index (χ2n) is 4.14. The van der Waals surface area contributed by atoms with Crippen LogP contribution in [0.2, 0.25) is 5.02 Å². The van der Waals surface area contributed by atoms with E-state index in [0.29, 0.717) is 0 Å². The Morgan fingerprint density at radius 2 is 2.19 bits per heavy atom. The van der Waals surface area contributed by atoms with Gasteiger partial charge in [0, 0.05) is 24.5 Å². The number of halogens is 1. The van der Waals surface area contributed by atoms with Gasteiger partial charge in [-0.05, 0) is 37.9 Å². The van der Waals surface area contributed by atoms with E-state index in [1.165, 1.54) is 16.9 Å². The molecule has 0 spiro atoms. The molecule has 0 atom stereocenters. The van der Waals surface area contributed by atoms with Crippen molar-refractivity contribution in [2.24, 2.45) is 0 Å². The van der Waals surface area contributed by atoms with Crippen LogP contribution in [0.3, 0.4) is 0 Å². The van der Waals surface area contributed by atoms with Crippen molar-refractivity contribution in [2.75, 3.05) is 26.7 Å². The molecule has 2 nitrogen and oxygen atoms in total. The van der Waals surface area contributed by atoms with Crippen LogP contribution >= 0.6 is 22.9 Å². The Morgan fingerprint density at radius 1 is 1.44 bits per heavy atom. The van der Waals surface area contributed by atoms with E-state index in [1.807, 2.05) is 0 Å². The van der Waals surface area contributed by atoms with Crippen molar-refractivity contribution in [3.63, 3.8) is 0 Å². The lowest BCUT2D eigenvalue weighted by Gasteiger charge is -2.16. The Morgan fingerprint density at radius 3 is 2.75 bits per heavy atom. The molecule has 1 aromatic heterocycles. The van der Waals surface area contributed by atoms with Gasteiger partial charge in [-0.25, -0.2) is 0 Å². The summed E-state index contributed by atoms with van der Waals surface area (Å²) >= 11 is 7.96. The SMILES string of the molecule is CCCNCCN(C)Cc1scc(C)c1Cl. The molecule has 0 aliphatic rings. The van der Waals surface area contributed by atoms with E-state index in [2.05, 4.69) is 36.5 Å². The topological polar surface area (TPSA) is 15.3 Å². The summed E-state index contributed by atoms with van der Waals surface area (Å²) in [7, 11) is 2.14. The molecule has 0 saturated heterocycles. The van der Waals surface area contributed by atoms with Crippen LogP contribution in [0.1, 0.15) is 23.8 Å². The molecule has 0 amide bonds. The van der Waals surface area contributed by atoms with Crippen LogP contribution in [-0.4, -0.2) is 31.6 Å². The van der Waals surface area contributed by atoms with Gasteiger partial charge in [-0.2, -0.15) is 0 Å². The van der Waals surface area contributed by atoms with Crippen LogP contribution in [0.25, 0.3) is 0 Å². The molecule has 0 unspecified atom stereocenters. The number of nitrogens with one attached hydrogen (secondary N) is 1. The van der Waals surface area contributed by atoms with Crippen LogP contribution in [-0.2, 0) is 6.54 Å². The standard InChI is InChI=1S/C12H21ClN2S/c1-4-5-14-6-7-15(3)8-11-12(13)10(2)9-16-11/h9,14H,4-8H2,1-3H3. The summed E-state index contributed by atoms with van der Waals surface area (Å²) in [5, 5.41) is 6.47. The van der Waals surface area contributed by atoms with E-state index >= 15 is 0 Å². The Hall–Kier alpha value is -0.0900. The third-order valence-corrected chi connectivity index (χ3v) is 4.21. The molecule has 0 aliphatic carbocycles. The zero-order valence-corrected chi connectivity index (χ0v) is 11.9. The van der Waals surface area contributed by atoms with Crippen molar-refractivity contribution >= 4 is 22.9 Å². The maximum absolute atomic E-state index is 6.20. The average Bonchev–Trinajstić information content (AvgIpc) is 2.56. The van der Waals surface area contributed by atoms with E-state index in [-0.39, 0.29) is 0 Å². The largest absolute Gasteiger partial charge is 0.315 e. The van der Waals surface area contributed by atoms with E-state index in [1.54, 1.807) is 11.3 Å². The Balaban J connectivity index is 2.28. The first-order chi connectivity index (χ1) is 7.65. The highest BCUT2D eigenvalue weighted by molar-refractivity contribution is 7.10. The molecule has 0 fully saturated rings. The molecule has 0 aliphatic heterocycles. The van der Waals surface area contributed by atoms with Gasteiger partial charge >= 0.3 is 0 Å². The summed E-state index contributed by atoms with van der Waals surface area (Å²) in [6.07, 6.45) is 1.19. The number of aryl methyl sites for hydroxylation is 1. The van der Waals surface area contributed by atoms with Crippen LogP contribution in [0.15, 0.2) is 5.38 Å². The molecular weight excluding hydrogens is 240 g/mol. The second-order valence-corrected chi connectivity index (χ2v) is 5.49. The quantitative estimate of drug-likeness (QED) is 0.758. The molecule has 92 valence electrons. The Labute approximate surface area is 108 Å². The zero-order valence-electron chi connectivity index (χ0n) is 10.3. The van der Waals surface area contributed by atoms with Gasteiger partial charge in [-0.1, -0.05) is 18.5 Å². The second kappa shape index (κ2) is 7.28. The average molecular weight is 261 g/mol. The van der Waals surface area contributed by atoms with Crippen LogP contribution < -0.4 is 5.32 Å². The maximum atomic E-state index is 6.20. The van der Waals surface area contributed by atoms with Gasteiger partial charge in [0.15, 0.2) is 0 Å². The van der Waals surface area contributed by atoms with Crippen LogP contribution in [0.4, 0.5) is 0 Å². The third-order valence-electron chi connectivity index (χ3n) is 2.48. The minimum Gasteiger partial charge on any atom is -0.315 e. The van der Waals surface area contributed by atoms with Crippen molar-refractivity contribution in [1.82, 2.24) is 10.2 Å². The number of likely N-dealkylation sites (N-methyl/N-ethyl adjacent to an activating group) is 1.